The van der Waals surface area contributed by atoms with Gasteiger partial charge in [0.1, 0.15) is 0 Å². The highest BCUT2D eigenvalue weighted by Crippen LogP contribution is 2.20. The Morgan fingerprint density at radius 1 is 1.11 bits per heavy atom. The maximum atomic E-state index is 12.3. The number of piperidine rings is 1. The number of anilines is 1. The minimum atomic E-state index is -1.07. The summed E-state index contributed by atoms with van der Waals surface area (Å²) in [7, 11) is 1.38. The quantitative estimate of drug-likeness (QED) is 0.685. The summed E-state index contributed by atoms with van der Waals surface area (Å²) in [6.07, 6.45) is -0.176. The number of carbonyl (C=O) groups is 4. The van der Waals surface area contributed by atoms with E-state index in [1.807, 2.05) is 18.2 Å². The second-order valence-corrected chi connectivity index (χ2v) is 6.20. The summed E-state index contributed by atoms with van der Waals surface area (Å²) in [5, 5.41) is 7.11. The summed E-state index contributed by atoms with van der Waals surface area (Å²) in [5.41, 5.74) is 0.708. The van der Waals surface area contributed by atoms with E-state index in [1.165, 1.54) is 14.0 Å². The predicted molar refractivity (Wildman–Crippen MR) is 97.9 cm³/mol. The van der Waals surface area contributed by atoms with Crippen LogP contribution in [0.3, 0.4) is 0 Å². The van der Waals surface area contributed by atoms with Crippen LogP contribution in [-0.2, 0) is 14.3 Å². The van der Waals surface area contributed by atoms with Gasteiger partial charge < -0.3 is 20.3 Å². The minimum Gasteiger partial charge on any atom is -0.452 e. The zero-order chi connectivity index (χ0) is 19.8. The van der Waals surface area contributed by atoms with Gasteiger partial charge in [0, 0.05) is 25.8 Å². The molecule has 1 atom stereocenters. The summed E-state index contributed by atoms with van der Waals surface area (Å²) >= 11 is 0. The molecule has 0 radical (unpaired) electrons. The number of urea groups is 2. The van der Waals surface area contributed by atoms with E-state index in [2.05, 4.69) is 16.0 Å². The zero-order valence-corrected chi connectivity index (χ0v) is 15.4. The number of nitrogens with one attached hydrogen (secondary N) is 3. The third kappa shape index (κ3) is 5.98. The highest BCUT2D eigenvalue weighted by atomic mass is 16.5. The minimum absolute atomic E-state index is 0.216. The van der Waals surface area contributed by atoms with Gasteiger partial charge in [0.2, 0.25) is 0 Å². The third-order valence-electron chi connectivity index (χ3n) is 4.27. The van der Waals surface area contributed by atoms with Gasteiger partial charge >= 0.3 is 18.0 Å². The number of amides is 5. The Labute approximate surface area is 157 Å². The molecule has 0 aromatic heterocycles. The molecule has 1 fully saturated rings. The molecular formula is C18H24N4O5. The van der Waals surface area contributed by atoms with Crippen LogP contribution in [0.5, 0.6) is 0 Å². The van der Waals surface area contributed by atoms with Crippen LogP contribution in [0, 0.1) is 5.92 Å². The van der Waals surface area contributed by atoms with E-state index < -0.39 is 24.0 Å². The Bertz CT molecular complexity index is 686. The number of esters is 1. The number of nitrogens with zero attached hydrogens (tertiary/aromatic N) is 1. The second-order valence-electron chi connectivity index (χ2n) is 6.20. The largest absolute Gasteiger partial charge is 0.452 e. The fourth-order valence-electron chi connectivity index (χ4n) is 2.64. The molecule has 3 N–H and O–H groups in total. The van der Waals surface area contributed by atoms with Crippen molar-refractivity contribution in [2.45, 2.75) is 25.9 Å². The Balaban J connectivity index is 1.77. The number of carbonyl (C=O) groups excluding carboxylic acids is 4. The van der Waals surface area contributed by atoms with Gasteiger partial charge in [-0.25, -0.2) is 9.59 Å². The van der Waals surface area contributed by atoms with Crippen molar-refractivity contribution in [1.29, 1.82) is 0 Å². The van der Waals surface area contributed by atoms with Gasteiger partial charge in [-0.3, -0.25) is 14.9 Å². The number of likely N-dealkylation sites (tertiary alicyclic amines) is 1. The van der Waals surface area contributed by atoms with E-state index in [0.717, 1.165) is 0 Å². The first-order valence-electron chi connectivity index (χ1n) is 8.74. The van der Waals surface area contributed by atoms with E-state index >= 15 is 0 Å². The maximum absolute atomic E-state index is 12.3. The van der Waals surface area contributed by atoms with E-state index in [9.17, 15) is 19.2 Å². The Morgan fingerprint density at radius 3 is 2.33 bits per heavy atom. The van der Waals surface area contributed by atoms with Crippen molar-refractivity contribution in [1.82, 2.24) is 15.5 Å². The molecule has 1 aliphatic heterocycles. The average Bonchev–Trinajstić information content (AvgIpc) is 2.68. The molecule has 5 amide bonds. The molecule has 0 saturated carbocycles. The van der Waals surface area contributed by atoms with Gasteiger partial charge in [0.25, 0.3) is 5.91 Å². The van der Waals surface area contributed by atoms with Gasteiger partial charge in [-0.15, -0.1) is 0 Å². The number of hydrogen-bond acceptors (Lipinski definition) is 5. The van der Waals surface area contributed by atoms with Crippen molar-refractivity contribution >= 4 is 29.6 Å². The van der Waals surface area contributed by atoms with Crippen LogP contribution in [0.25, 0.3) is 0 Å². The number of benzene rings is 1. The second kappa shape index (κ2) is 9.56. The van der Waals surface area contributed by atoms with Crippen LogP contribution in [0.1, 0.15) is 19.8 Å². The molecule has 1 aromatic rings. The first-order valence-corrected chi connectivity index (χ1v) is 8.74. The lowest BCUT2D eigenvalue weighted by molar-refractivity contribution is -0.159. The fourth-order valence-corrected chi connectivity index (χ4v) is 2.64. The summed E-state index contributed by atoms with van der Waals surface area (Å²) in [4.78, 5) is 49.0. The number of para-hydroxylation sites is 1. The molecule has 1 aliphatic rings. The van der Waals surface area contributed by atoms with Gasteiger partial charge in [0.15, 0.2) is 6.10 Å². The van der Waals surface area contributed by atoms with Crippen LogP contribution >= 0.6 is 0 Å². The van der Waals surface area contributed by atoms with Crippen molar-refractivity contribution in [3.05, 3.63) is 30.3 Å². The van der Waals surface area contributed by atoms with Gasteiger partial charge in [0.05, 0.1) is 5.92 Å². The molecule has 1 aromatic carbocycles. The molecule has 2 rings (SSSR count). The third-order valence-corrected chi connectivity index (χ3v) is 4.27. The molecule has 9 heteroatoms. The van der Waals surface area contributed by atoms with E-state index in [0.29, 0.717) is 31.6 Å². The number of imide groups is 1. The first-order chi connectivity index (χ1) is 12.9. The summed E-state index contributed by atoms with van der Waals surface area (Å²) in [6, 6.07) is 8.24. The lowest BCUT2D eigenvalue weighted by Gasteiger charge is -2.31. The Hall–Kier alpha value is -3.10. The van der Waals surface area contributed by atoms with Crippen molar-refractivity contribution in [2.75, 3.05) is 25.5 Å². The predicted octanol–water partition coefficient (Wildman–Crippen LogP) is 1.32. The number of rotatable bonds is 4. The SMILES string of the molecule is CNC(=O)NC(=O)[C@@H](C)OC(=O)C1CCN(C(=O)Nc2ccccc2)CC1. The molecule has 0 spiro atoms. The van der Waals surface area contributed by atoms with Crippen LogP contribution in [0.4, 0.5) is 15.3 Å². The summed E-state index contributed by atoms with van der Waals surface area (Å²) < 4.78 is 5.14. The molecule has 1 heterocycles. The molecule has 27 heavy (non-hydrogen) atoms. The maximum Gasteiger partial charge on any atom is 0.321 e. The topological polar surface area (TPSA) is 117 Å². The lowest BCUT2D eigenvalue weighted by atomic mass is 9.97. The van der Waals surface area contributed by atoms with Crippen molar-refractivity contribution < 1.29 is 23.9 Å². The molecule has 0 aliphatic carbocycles. The standard InChI is InChI=1S/C18H24N4O5/c1-12(15(23)21-17(25)19-2)27-16(24)13-8-10-22(11-9-13)18(26)20-14-6-4-3-5-7-14/h3-7,12-13H,8-11H2,1-2H3,(H,20,26)(H2,19,21,23,25)/t12-/m1/s1. The van der Waals surface area contributed by atoms with E-state index in [-0.39, 0.29) is 11.9 Å². The van der Waals surface area contributed by atoms with E-state index in [1.54, 1.807) is 17.0 Å². The smallest absolute Gasteiger partial charge is 0.321 e. The van der Waals surface area contributed by atoms with Gasteiger partial charge in [-0.05, 0) is 31.9 Å². The van der Waals surface area contributed by atoms with Crippen LogP contribution in [0.15, 0.2) is 30.3 Å². The van der Waals surface area contributed by atoms with Crippen LogP contribution in [-0.4, -0.2) is 55.1 Å². The van der Waals surface area contributed by atoms with Crippen LogP contribution in [0.2, 0.25) is 0 Å². The summed E-state index contributed by atoms with van der Waals surface area (Å²) in [6.45, 7) is 2.23. The molecule has 1 saturated heterocycles. The lowest BCUT2D eigenvalue weighted by Crippen LogP contribution is -2.45. The molecule has 9 nitrogen and oxygen atoms in total. The van der Waals surface area contributed by atoms with Crippen LogP contribution < -0.4 is 16.0 Å². The van der Waals surface area contributed by atoms with Crippen molar-refractivity contribution in [3.8, 4) is 0 Å². The Kier molecular flexibility index (Phi) is 7.16. The van der Waals surface area contributed by atoms with Gasteiger partial charge in [-0.1, -0.05) is 18.2 Å². The zero-order valence-electron chi connectivity index (χ0n) is 15.4. The highest BCUT2D eigenvalue weighted by Gasteiger charge is 2.30. The molecule has 0 unspecified atom stereocenters. The van der Waals surface area contributed by atoms with Gasteiger partial charge in [-0.2, -0.15) is 0 Å². The normalized spacial score (nSPS) is 15.4. The Morgan fingerprint density at radius 2 is 1.74 bits per heavy atom. The average molecular weight is 376 g/mol. The molecule has 146 valence electrons. The fraction of sp³-hybridized carbons (Fsp3) is 0.444. The molecule has 0 bridgehead atoms. The molecular weight excluding hydrogens is 352 g/mol. The van der Waals surface area contributed by atoms with Crippen molar-refractivity contribution in [3.63, 3.8) is 0 Å². The van der Waals surface area contributed by atoms with E-state index in [4.69, 9.17) is 4.74 Å². The highest BCUT2D eigenvalue weighted by molar-refractivity contribution is 5.97. The number of ether oxygens (including phenoxy) is 1. The van der Waals surface area contributed by atoms with Crippen molar-refractivity contribution in [2.24, 2.45) is 5.92 Å². The number of hydrogen-bond donors (Lipinski definition) is 3. The monoisotopic (exact) mass is 376 g/mol. The first kappa shape index (κ1) is 20.2. The summed E-state index contributed by atoms with van der Waals surface area (Å²) in [5.74, 6) is -1.58.